The van der Waals surface area contributed by atoms with Gasteiger partial charge in [-0.15, -0.1) is 0 Å². The number of hydrogen-bond acceptors (Lipinski definition) is 3. The number of fused-ring (bicyclic) bond motifs is 1. The van der Waals surface area contributed by atoms with Gasteiger partial charge in [0.15, 0.2) is 5.65 Å². The Kier molecular flexibility index (Phi) is 1.27. The van der Waals surface area contributed by atoms with E-state index >= 15 is 0 Å². The molecule has 0 amide bonds. The Morgan fingerprint density at radius 3 is 3.08 bits per heavy atom. The Bertz CT molecular complexity index is 482. The van der Waals surface area contributed by atoms with Crippen LogP contribution < -0.4 is 5.69 Å². The topological polar surface area (TPSA) is 63.6 Å². The van der Waals surface area contributed by atoms with Crippen molar-refractivity contribution >= 4 is 11.2 Å². The number of nitrogens with one attached hydrogen (secondary N) is 1. The van der Waals surface area contributed by atoms with Crippen LogP contribution in [-0.4, -0.2) is 19.5 Å². The van der Waals surface area contributed by atoms with Crippen molar-refractivity contribution in [2.45, 2.75) is 6.92 Å². The van der Waals surface area contributed by atoms with E-state index < -0.39 is 0 Å². The summed E-state index contributed by atoms with van der Waals surface area (Å²) in [6.45, 7) is 1.83. The van der Waals surface area contributed by atoms with Crippen LogP contribution in [-0.2, 0) is 7.05 Å². The molecule has 2 aromatic rings. The number of hydrogen-bond donors (Lipinski definition) is 1. The second-order valence-electron chi connectivity index (χ2n) is 2.69. The van der Waals surface area contributed by atoms with Crippen LogP contribution in [0.2, 0.25) is 0 Å². The van der Waals surface area contributed by atoms with Gasteiger partial charge in [0.05, 0.1) is 6.33 Å². The molecule has 0 saturated heterocycles. The number of aryl methyl sites for hydroxylation is 2. The third kappa shape index (κ3) is 0.827. The van der Waals surface area contributed by atoms with Gasteiger partial charge in [-0.1, -0.05) is 0 Å². The monoisotopic (exact) mass is 164 g/mol. The molecule has 62 valence electrons. The maximum atomic E-state index is 10.9. The lowest BCUT2D eigenvalue weighted by Crippen LogP contribution is -2.11. The zero-order valence-electron chi connectivity index (χ0n) is 6.83. The molecular weight excluding hydrogens is 156 g/mol. The molecule has 2 heterocycles. The van der Waals surface area contributed by atoms with Crippen LogP contribution in [0.4, 0.5) is 0 Å². The molecule has 0 aliphatic heterocycles. The Morgan fingerprint density at radius 2 is 2.33 bits per heavy atom. The fourth-order valence-electron chi connectivity index (χ4n) is 1.28. The predicted molar refractivity (Wildman–Crippen MR) is 43.9 cm³/mol. The summed E-state index contributed by atoms with van der Waals surface area (Å²) < 4.78 is 1.83. The van der Waals surface area contributed by atoms with Crippen molar-refractivity contribution in [3.8, 4) is 0 Å². The largest absolute Gasteiger partial charge is 0.347 e. The van der Waals surface area contributed by atoms with Crippen molar-refractivity contribution in [1.29, 1.82) is 0 Å². The van der Waals surface area contributed by atoms with Crippen LogP contribution in [0.5, 0.6) is 0 Å². The highest BCUT2D eigenvalue weighted by Gasteiger charge is 2.04. The van der Waals surface area contributed by atoms with E-state index in [9.17, 15) is 4.79 Å². The van der Waals surface area contributed by atoms with Gasteiger partial charge in [-0.05, 0) is 6.92 Å². The number of aromatic amines is 1. The molecule has 0 bridgehead atoms. The summed E-state index contributed by atoms with van der Waals surface area (Å²) in [6.07, 6.45) is 1.64. The maximum Gasteiger partial charge on any atom is 0.347 e. The van der Waals surface area contributed by atoms with Gasteiger partial charge < -0.3 is 9.55 Å². The third-order valence-electron chi connectivity index (χ3n) is 1.77. The van der Waals surface area contributed by atoms with E-state index in [4.69, 9.17) is 0 Å². The molecule has 0 aliphatic carbocycles. The first kappa shape index (κ1) is 7.02. The Morgan fingerprint density at radius 1 is 1.58 bits per heavy atom. The Labute approximate surface area is 68.1 Å². The molecule has 12 heavy (non-hydrogen) atoms. The molecule has 0 aromatic carbocycles. The molecule has 0 aliphatic rings. The molecule has 0 atom stereocenters. The van der Waals surface area contributed by atoms with Crippen molar-refractivity contribution < 1.29 is 0 Å². The van der Waals surface area contributed by atoms with Gasteiger partial charge in [-0.2, -0.15) is 4.98 Å². The zero-order valence-corrected chi connectivity index (χ0v) is 6.83. The first-order chi connectivity index (χ1) is 5.68. The van der Waals surface area contributed by atoms with Crippen molar-refractivity contribution in [3.63, 3.8) is 0 Å². The SMILES string of the molecule is Cc1[nH]c(=O)nc2ncn(C)c12. The Balaban J connectivity index is 3.02. The summed E-state index contributed by atoms with van der Waals surface area (Å²) in [5.74, 6) is 0. The highest BCUT2D eigenvalue weighted by molar-refractivity contribution is 5.72. The fourth-order valence-corrected chi connectivity index (χ4v) is 1.28. The molecule has 0 radical (unpaired) electrons. The molecule has 0 fully saturated rings. The standard InChI is InChI=1S/C7H8N4O/c1-4-5-6(8-3-11(5)2)10-7(12)9-4/h3H,1-2H3,(H,9,10,12). The first-order valence-electron chi connectivity index (χ1n) is 3.56. The smallest absolute Gasteiger partial charge is 0.331 e. The summed E-state index contributed by atoms with van der Waals surface area (Å²) >= 11 is 0. The number of rotatable bonds is 0. The summed E-state index contributed by atoms with van der Waals surface area (Å²) in [6, 6.07) is 0. The first-order valence-corrected chi connectivity index (χ1v) is 3.56. The van der Waals surface area contributed by atoms with E-state index in [2.05, 4.69) is 15.0 Å². The highest BCUT2D eigenvalue weighted by atomic mass is 16.1. The molecule has 0 saturated carbocycles. The lowest BCUT2D eigenvalue weighted by atomic mass is 10.4. The Hall–Kier alpha value is -1.65. The van der Waals surface area contributed by atoms with Crippen LogP contribution in [0, 0.1) is 6.92 Å². The van der Waals surface area contributed by atoms with Crippen molar-refractivity contribution in [2.24, 2.45) is 7.05 Å². The lowest BCUT2D eigenvalue weighted by molar-refractivity contribution is 0.933. The summed E-state index contributed by atoms with van der Waals surface area (Å²) in [4.78, 5) is 21.2. The molecule has 2 rings (SSSR count). The molecular formula is C7H8N4O. The van der Waals surface area contributed by atoms with Gasteiger partial charge in [0.2, 0.25) is 0 Å². The number of aromatic nitrogens is 4. The van der Waals surface area contributed by atoms with E-state index in [-0.39, 0.29) is 5.69 Å². The zero-order chi connectivity index (χ0) is 8.72. The van der Waals surface area contributed by atoms with Crippen molar-refractivity contribution in [1.82, 2.24) is 19.5 Å². The van der Waals surface area contributed by atoms with Crippen molar-refractivity contribution in [3.05, 3.63) is 22.5 Å². The average Bonchev–Trinajstić information content (AvgIpc) is 2.31. The number of nitrogens with zero attached hydrogens (tertiary/aromatic N) is 3. The second-order valence-corrected chi connectivity index (χ2v) is 2.69. The van der Waals surface area contributed by atoms with Crippen LogP contribution >= 0.6 is 0 Å². The molecule has 0 spiro atoms. The van der Waals surface area contributed by atoms with Crippen LogP contribution in [0.15, 0.2) is 11.1 Å². The van der Waals surface area contributed by atoms with E-state index in [1.165, 1.54) is 0 Å². The van der Waals surface area contributed by atoms with Gasteiger partial charge in [-0.3, -0.25) is 0 Å². The fraction of sp³-hybridized carbons (Fsp3) is 0.286. The number of imidazole rings is 1. The minimum Gasteiger partial charge on any atom is -0.331 e. The molecule has 2 aromatic heterocycles. The van der Waals surface area contributed by atoms with Gasteiger partial charge in [0.1, 0.15) is 5.52 Å². The van der Waals surface area contributed by atoms with Gasteiger partial charge in [-0.25, -0.2) is 9.78 Å². The molecule has 0 unspecified atom stereocenters. The normalized spacial score (nSPS) is 10.8. The highest BCUT2D eigenvalue weighted by Crippen LogP contribution is 2.08. The average molecular weight is 164 g/mol. The van der Waals surface area contributed by atoms with Crippen LogP contribution in [0.1, 0.15) is 5.69 Å². The molecule has 1 N–H and O–H groups in total. The van der Waals surface area contributed by atoms with Gasteiger partial charge in [0.25, 0.3) is 0 Å². The van der Waals surface area contributed by atoms with E-state index in [1.54, 1.807) is 6.33 Å². The maximum absolute atomic E-state index is 10.9. The third-order valence-corrected chi connectivity index (χ3v) is 1.77. The lowest BCUT2D eigenvalue weighted by Gasteiger charge is -1.96. The van der Waals surface area contributed by atoms with Crippen LogP contribution in [0.25, 0.3) is 11.2 Å². The van der Waals surface area contributed by atoms with Gasteiger partial charge in [0, 0.05) is 12.7 Å². The summed E-state index contributed by atoms with van der Waals surface area (Å²) in [5, 5.41) is 0. The summed E-state index contributed by atoms with van der Waals surface area (Å²) in [7, 11) is 1.86. The number of H-pyrrole nitrogens is 1. The quantitative estimate of drug-likeness (QED) is 0.594. The minimum atomic E-state index is -0.348. The van der Waals surface area contributed by atoms with Gasteiger partial charge >= 0.3 is 5.69 Å². The predicted octanol–water partition coefficient (Wildman–Crippen LogP) is -0.0350. The van der Waals surface area contributed by atoms with E-state index in [0.717, 1.165) is 11.2 Å². The van der Waals surface area contributed by atoms with E-state index in [0.29, 0.717) is 5.65 Å². The van der Waals surface area contributed by atoms with E-state index in [1.807, 2.05) is 18.5 Å². The second kappa shape index (κ2) is 2.17. The minimum absolute atomic E-state index is 0.348. The molecule has 5 heteroatoms. The molecule has 5 nitrogen and oxygen atoms in total. The van der Waals surface area contributed by atoms with Crippen LogP contribution in [0.3, 0.4) is 0 Å². The summed E-state index contributed by atoms with van der Waals surface area (Å²) in [5.41, 5.74) is 1.82. The van der Waals surface area contributed by atoms with Crippen molar-refractivity contribution in [2.75, 3.05) is 0 Å².